The number of hydrogen-bond acceptors (Lipinski definition) is 3. The van der Waals surface area contributed by atoms with Crippen molar-refractivity contribution in [3.8, 4) is 0 Å². The standard InChI is InChI=1S/C6H12N2O2/c1-5-3-7(2)4-6(5)8(9)10/h5-6H,3-4H2,1-2H3. The summed E-state index contributed by atoms with van der Waals surface area (Å²) in [4.78, 5) is 12.2. The molecule has 0 aromatic carbocycles. The van der Waals surface area contributed by atoms with E-state index in [2.05, 4.69) is 0 Å². The zero-order chi connectivity index (χ0) is 7.72. The van der Waals surface area contributed by atoms with E-state index in [1.54, 1.807) is 0 Å². The Bertz CT molecular complexity index is 149. The van der Waals surface area contributed by atoms with Crippen LogP contribution >= 0.6 is 0 Å². The maximum atomic E-state index is 10.3. The Balaban J connectivity index is 2.54. The van der Waals surface area contributed by atoms with Crippen LogP contribution in [-0.2, 0) is 0 Å². The van der Waals surface area contributed by atoms with Crippen LogP contribution in [0.5, 0.6) is 0 Å². The Labute approximate surface area is 60.0 Å². The van der Waals surface area contributed by atoms with Gasteiger partial charge in [0.15, 0.2) is 0 Å². The molecule has 0 radical (unpaired) electrons. The maximum Gasteiger partial charge on any atom is 0.229 e. The third-order valence-corrected chi connectivity index (χ3v) is 2.03. The third kappa shape index (κ3) is 1.26. The first kappa shape index (κ1) is 7.47. The number of likely N-dealkylation sites (N-methyl/N-ethyl adjacent to an activating group) is 1. The van der Waals surface area contributed by atoms with E-state index < -0.39 is 0 Å². The molecule has 0 aliphatic carbocycles. The van der Waals surface area contributed by atoms with Gasteiger partial charge >= 0.3 is 0 Å². The summed E-state index contributed by atoms with van der Waals surface area (Å²) in [7, 11) is 1.92. The smallest absolute Gasteiger partial charge is 0.229 e. The predicted octanol–water partition coefficient (Wildman–Crippen LogP) is 0.213. The molecule has 0 bridgehead atoms. The Hall–Kier alpha value is -0.640. The van der Waals surface area contributed by atoms with E-state index >= 15 is 0 Å². The summed E-state index contributed by atoms with van der Waals surface area (Å²) in [6.45, 7) is 3.39. The molecule has 0 aromatic heterocycles. The highest BCUT2D eigenvalue weighted by Gasteiger charge is 2.35. The van der Waals surface area contributed by atoms with Gasteiger partial charge in [-0.1, -0.05) is 6.92 Å². The summed E-state index contributed by atoms with van der Waals surface area (Å²) < 4.78 is 0. The van der Waals surface area contributed by atoms with Crippen LogP contribution in [0.2, 0.25) is 0 Å². The van der Waals surface area contributed by atoms with Crippen molar-refractivity contribution >= 4 is 0 Å². The Morgan fingerprint density at radius 3 is 2.40 bits per heavy atom. The van der Waals surface area contributed by atoms with Gasteiger partial charge < -0.3 is 0 Å². The lowest BCUT2D eigenvalue weighted by Crippen LogP contribution is -2.26. The molecule has 58 valence electrons. The first-order chi connectivity index (χ1) is 4.61. The summed E-state index contributed by atoms with van der Waals surface area (Å²) >= 11 is 0. The first-order valence-corrected chi connectivity index (χ1v) is 3.43. The van der Waals surface area contributed by atoms with Gasteiger partial charge in [-0.25, -0.2) is 0 Å². The van der Waals surface area contributed by atoms with Crippen LogP contribution in [0.4, 0.5) is 0 Å². The van der Waals surface area contributed by atoms with Crippen molar-refractivity contribution in [2.24, 2.45) is 5.92 Å². The molecule has 0 amide bonds. The van der Waals surface area contributed by atoms with Gasteiger partial charge in [-0.05, 0) is 7.05 Å². The fourth-order valence-corrected chi connectivity index (χ4v) is 1.46. The molecule has 10 heavy (non-hydrogen) atoms. The van der Waals surface area contributed by atoms with Gasteiger partial charge in [0.1, 0.15) is 0 Å². The van der Waals surface area contributed by atoms with Gasteiger partial charge in [-0.3, -0.25) is 15.0 Å². The lowest BCUT2D eigenvalue weighted by Gasteiger charge is -2.03. The zero-order valence-corrected chi connectivity index (χ0v) is 6.28. The number of nitro groups is 1. The lowest BCUT2D eigenvalue weighted by atomic mass is 10.1. The highest BCUT2D eigenvalue weighted by Crippen LogP contribution is 2.16. The molecule has 4 heteroatoms. The van der Waals surface area contributed by atoms with Gasteiger partial charge in [0.25, 0.3) is 0 Å². The van der Waals surface area contributed by atoms with Crippen LogP contribution < -0.4 is 0 Å². The second-order valence-corrected chi connectivity index (χ2v) is 3.05. The zero-order valence-electron chi connectivity index (χ0n) is 6.28. The topological polar surface area (TPSA) is 46.4 Å². The van der Waals surface area contributed by atoms with E-state index in [1.807, 2.05) is 18.9 Å². The molecule has 0 aromatic rings. The molecule has 1 heterocycles. The highest BCUT2D eigenvalue weighted by molar-refractivity contribution is 4.78. The number of hydrogen-bond donors (Lipinski definition) is 0. The van der Waals surface area contributed by atoms with Crippen molar-refractivity contribution in [1.29, 1.82) is 0 Å². The fraction of sp³-hybridized carbons (Fsp3) is 1.00. The van der Waals surface area contributed by atoms with E-state index in [-0.39, 0.29) is 16.9 Å². The van der Waals surface area contributed by atoms with Crippen LogP contribution in [0.1, 0.15) is 6.92 Å². The molecule has 2 atom stereocenters. The van der Waals surface area contributed by atoms with Gasteiger partial charge in [-0.15, -0.1) is 0 Å². The van der Waals surface area contributed by atoms with E-state index in [0.717, 1.165) is 6.54 Å². The second kappa shape index (κ2) is 2.54. The van der Waals surface area contributed by atoms with Crippen LogP contribution in [-0.4, -0.2) is 36.0 Å². The van der Waals surface area contributed by atoms with E-state index in [4.69, 9.17) is 0 Å². The number of rotatable bonds is 1. The molecule has 0 saturated carbocycles. The molecule has 1 aliphatic heterocycles. The Kier molecular flexibility index (Phi) is 1.89. The molecule has 1 saturated heterocycles. The van der Waals surface area contributed by atoms with Crippen molar-refractivity contribution in [3.05, 3.63) is 10.1 Å². The monoisotopic (exact) mass is 144 g/mol. The minimum Gasteiger partial charge on any atom is -0.299 e. The average Bonchev–Trinajstić information content (AvgIpc) is 2.10. The fourth-order valence-electron chi connectivity index (χ4n) is 1.46. The van der Waals surface area contributed by atoms with Crippen molar-refractivity contribution in [2.45, 2.75) is 13.0 Å². The molecular weight excluding hydrogens is 132 g/mol. The minimum absolute atomic E-state index is 0.172. The van der Waals surface area contributed by atoms with Crippen LogP contribution in [0.3, 0.4) is 0 Å². The lowest BCUT2D eigenvalue weighted by molar-refractivity contribution is -0.525. The first-order valence-electron chi connectivity index (χ1n) is 3.43. The average molecular weight is 144 g/mol. The molecule has 2 unspecified atom stereocenters. The van der Waals surface area contributed by atoms with E-state index in [0.29, 0.717) is 6.54 Å². The summed E-state index contributed by atoms with van der Waals surface area (Å²) in [6, 6.07) is -0.343. The van der Waals surface area contributed by atoms with E-state index in [1.165, 1.54) is 0 Å². The van der Waals surface area contributed by atoms with Gasteiger partial charge in [0.05, 0.1) is 6.54 Å². The Morgan fingerprint density at radius 1 is 1.60 bits per heavy atom. The summed E-state index contributed by atoms with van der Waals surface area (Å²) in [5, 5.41) is 10.3. The molecule has 0 N–H and O–H groups in total. The van der Waals surface area contributed by atoms with Gasteiger partial charge in [-0.2, -0.15) is 0 Å². The van der Waals surface area contributed by atoms with Crippen molar-refractivity contribution in [2.75, 3.05) is 20.1 Å². The largest absolute Gasteiger partial charge is 0.299 e. The molecule has 4 nitrogen and oxygen atoms in total. The Morgan fingerprint density at radius 2 is 2.20 bits per heavy atom. The summed E-state index contributed by atoms with van der Waals surface area (Å²) in [5.41, 5.74) is 0. The second-order valence-electron chi connectivity index (χ2n) is 3.05. The van der Waals surface area contributed by atoms with Crippen molar-refractivity contribution in [1.82, 2.24) is 4.90 Å². The minimum atomic E-state index is -0.343. The SMILES string of the molecule is CC1CN(C)CC1[N+](=O)[O-]. The molecule has 0 spiro atoms. The van der Waals surface area contributed by atoms with Crippen molar-refractivity contribution in [3.63, 3.8) is 0 Å². The summed E-state index contributed by atoms with van der Waals surface area (Å²) in [5.74, 6) is 0.208. The predicted molar refractivity (Wildman–Crippen MR) is 37.4 cm³/mol. The third-order valence-electron chi connectivity index (χ3n) is 2.03. The van der Waals surface area contributed by atoms with Crippen molar-refractivity contribution < 1.29 is 4.92 Å². The van der Waals surface area contributed by atoms with Crippen LogP contribution in [0.25, 0.3) is 0 Å². The van der Waals surface area contributed by atoms with Gasteiger partial charge in [0, 0.05) is 17.4 Å². The van der Waals surface area contributed by atoms with Crippen LogP contribution in [0.15, 0.2) is 0 Å². The quantitative estimate of drug-likeness (QED) is 0.390. The van der Waals surface area contributed by atoms with Gasteiger partial charge in [0.2, 0.25) is 6.04 Å². The summed E-state index contributed by atoms with van der Waals surface area (Å²) in [6.07, 6.45) is 0. The molecule has 1 aliphatic rings. The normalized spacial score (nSPS) is 34.6. The maximum absolute atomic E-state index is 10.3. The molecule has 1 rings (SSSR count). The molecule has 1 fully saturated rings. The highest BCUT2D eigenvalue weighted by atomic mass is 16.6. The van der Waals surface area contributed by atoms with E-state index in [9.17, 15) is 10.1 Å². The van der Waals surface area contributed by atoms with Crippen LogP contribution in [0, 0.1) is 16.0 Å². The number of nitrogens with zero attached hydrogens (tertiary/aromatic N) is 2. The molecular formula is C6H12N2O2. The number of likely N-dealkylation sites (tertiary alicyclic amines) is 1.